The van der Waals surface area contributed by atoms with Crippen LogP contribution in [0, 0.1) is 10.8 Å². The maximum atomic E-state index is 14.3. The number of carbonyl (C=O) groups is 2. The van der Waals surface area contributed by atoms with Crippen LogP contribution in [0.1, 0.15) is 126 Å². The van der Waals surface area contributed by atoms with E-state index in [1.54, 1.807) is 20.3 Å². The van der Waals surface area contributed by atoms with E-state index in [4.69, 9.17) is 18.9 Å². The van der Waals surface area contributed by atoms with Crippen molar-refractivity contribution in [1.29, 1.82) is 0 Å². The lowest BCUT2D eigenvalue weighted by Crippen LogP contribution is -2.52. The lowest BCUT2D eigenvalue weighted by atomic mass is 9.78. The summed E-state index contributed by atoms with van der Waals surface area (Å²) in [5.41, 5.74) is 4.54. The number of benzene rings is 2. The third-order valence-corrected chi connectivity index (χ3v) is 12.9. The summed E-state index contributed by atoms with van der Waals surface area (Å²) >= 11 is 0. The highest BCUT2D eigenvalue weighted by atomic mass is 16.5. The molecule has 0 aliphatic carbocycles. The van der Waals surface area contributed by atoms with Crippen LogP contribution in [0.4, 0.5) is 11.4 Å². The normalized spacial score (nSPS) is 20.8. The van der Waals surface area contributed by atoms with Gasteiger partial charge in [-0.05, 0) is 80.8 Å². The van der Waals surface area contributed by atoms with E-state index in [0.717, 1.165) is 74.6 Å². The molecule has 0 bridgehead atoms. The summed E-state index contributed by atoms with van der Waals surface area (Å²) < 4.78 is 24.6. The van der Waals surface area contributed by atoms with Gasteiger partial charge in [-0.1, -0.05) is 72.3 Å². The van der Waals surface area contributed by atoms with Gasteiger partial charge in [0.15, 0.2) is 23.0 Å². The van der Waals surface area contributed by atoms with Crippen molar-refractivity contribution in [3.8, 4) is 23.0 Å². The van der Waals surface area contributed by atoms with Gasteiger partial charge in [0.25, 0.3) is 11.8 Å². The highest BCUT2D eigenvalue weighted by Gasteiger charge is 2.45. The van der Waals surface area contributed by atoms with Gasteiger partial charge in [-0.25, -0.2) is 0 Å². The number of hydrogen-bond acceptors (Lipinski definition) is 9. The molecule has 2 aromatic rings. The van der Waals surface area contributed by atoms with Crippen LogP contribution in [0.3, 0.4) is 0 Å². The first kappa shape index (κ1) is 44.1. The second-order valence-electron chi connectivity index (χ2n) is 18.6. The number of aliphatic hydroxyl groups excluding tert-OH is 1. The predicted molar refractivity (Wildman–Crippen MR) is 235 cm³/mol. The number of amides is 2. The number of carbonyl (C=O) groups excluding carboxylic acids is 2. The predicted octanol–water partition coefficient (Wildman–Crippen LogP) is 9.18. The van der Waals surface area contributed by atoms with Gasteiger partial charge in [-0.3, -0.25) is 14.6 Å². The first-order chi connectivity index (χ1) is 28.1. The van der Waals surface area contributed by atoms with E-state index in [9.17, 15) is 14.7 Å². The zero-order valence-electron chi connectivity index (χ0n) is 36.9. The van der Waals surface area contributed by atoms with Crippen LogP contribution in [-0.2, 0) is 0 Å². The van der Waals surface area contributed by atoms with Crippen molar-refractivity contribution in [1.82, 2.24) is 9.80 Å². The Labute approximate surface area is 352 Å². The summed E-state index contributed by atoms with van der Waals surface area (Å²) in [7, 11) is 3.23. The number of aliphatic imine (C=N–C) groups is 1. The molecular formula is C48H68N4O7. The number of fused-ring (bicyclic) bond motifs is 4. The fourth-order valence-corrected chi connectivity index (χ4v) is 9.28. The molecule has 11 nitrogen and oxygen atoms in total. The maximum absolute atomic E-state index is 14.3. The largest absolute Gasteiger partial charge is 0.493 e. The van der Waals surface area contributed by atoms with Crippen LogP contribution in [0.25, 0.3) is 0 Å². The van der Waals surface area contributed by atoms with E-state index >= 15 is 0 Å². The summed E-state index contributed by atoms with van der Waals surface area (Å²) in [4.78, 5) is 38.8. The molecule has 2 saturated heterocycles. The van der Waals surface area contributed by atoms with Crippen LogP contribution in [0.15, 0.2) is 53.6 Å². The summed E-state index contributed by atoms with van der Waals surface area (Å²) in [5.74, 6) is 2.21. The van der Waals surface area contributed by atoms with E-state index in [1.165, 1.54) is 0 Å². The maximum Gasteiger partial charge on any atom is 0.257 e. The van der Waals surface area contributed by atoms with Crippen molar-refractivity contribution >= 4 is 29.4 Å². The molecule has 4 heterocycles. The van der Waals surface area contributed by atoms with Crippen LogP contribution >= 0.6 is 0 Å². The second-order valence-corrected chi connectivity index (χ2v) is 18.6. The number of hydrogen-bond donors (Lipinski definition) is 1. The standard InChI is InChI=1S/C48H68N4O7/c1-11-14-33(12-2)52-38(15-13-19-53)40-22-32(4)29-51(40)46(55)36-24-42(57-10)44(26-39(36)52)58-20-18-47(5,6)16-17-48(7,8)30-59-43-25-37-35(23-41(43)56-9)45(54)50-28-31(3)21-34(50)27-49-37/h23-27,33-34,38,40,53H,3-4,11-22,28-30H2,1-2,5-10H3/t33?,34?,38?,40-/m0/s1. The Kier molecular flexibility index (Phi) is 13.7. The van der Waals surface area contributed by atoms with Crippen molar-refractivity contribution < 1.29 is 33.6 Å². The van der Waals surface area contributed by atoms with Crippen molar-refractivity contribution in [2.24, 2.45) is 15.8 Å². The van der Waals surface area contributed by atoms with Crippen LogP contribution in [-0.4, -0.2) is 104 Å². The molecule has 0 aromatic heterocycles. The number of rotatable bonds is 19. The third-order valence-electron chi connectivity index (χ3n) is 12.9. The first-order valence-corrected chi connectivity index (χ1v) is 21.7. The summed E-state index contributed by atoms with van der Waals surface area (Å²) in [6.45, 7) is 23.9. The van der Waals surface area contributed by atoms with Crippen molar-refractivity contribution in [3.05, 3.63) is 59.7 Å². The number of nitrogens with zero attached hydrogens (tertiary/aromatic N) is 4. The minimum Gasteiger partial charge on any atom is -0.493 e. The van der Waals surface area contributed by atoms with Crippen LogP contribution in [0.2, 0.25) is 0 Å². The molecular weight excluding hydrogens is 745 g/mol. The van der Waals surface area contributed by atoms with Gasteiger partial charge in [-0.15, -0.1) is 0 Å². The lowest BCUT2D eigenvalue weighted by Gasteiger charge is -2.43. The molecule has 322 valence electrons. The molecule has 2 aromatic carbocycles. The average molecular weight is 813 g/mol. The van der Waals surface area contributed by atoms with Crippen molar-refractivity contribution in [3.63, 3.8) is 0 Å². The van der Waals surface area contributed by atoms with Gasteiger partial charge in [0.05, 0.1) is 68.1 Å². The van der Waals surface area contributed by atoms with E-state index in [2.05, 4.69) is 64.6 Å². The molecule has 3 unspecified atom stereocenters. The molecule has 6 rings (SSSR count). The molecule has 2 fully saturated rings. The molecule has 0 radical (unpaired) electrons. The minimum absolute atomic E-state index is 0.000366. The Hall–Kier alpha value is -4.51. The van der Waals surface area contributed by atoms with Gasteiger partial charge >= 0.3 is 0 Å². The topological polar surface area (TPSA) is 113 Å². The van der Waals surface area contributed by atoms with Crippen molar-refractivity contribution in [2.75, 3.05) is 52.0 Å². The highest BCUT2D eigenvalue weighted by molar-refractivity contribution is 6.04. The Morgan fingerprint density at radius 3 is 2.15 bits per heavy atom. The van der Waals surface area contributed by atoms with E-state index in [0.29, 0.717) is 72.5 Å². The fraction of sp³-hybridized carbons (Fsp3) is 0.604. The Balaban J connectivity index is 1.13. The van der Waals surface area contributed by atoms with Gasteiger partial charge in [0.1, 0.15) is 0 Å². The molecule has 0 saturated carbocycles. The summed E-state index contributed by atoms with van der Waals surface area (Å²) in [6.07, 6.45) is 10.4. The summed E-state index contributed by atoms with van der Waals surface area (Å²) in [5, 5.41) is 9.94. The van der Waals surface area contributed by atoms with Gasteiger partial charge in [0, 0.05) is 44.1 Å². The number of ether oxygens (including phenoxy) is 4. The molecule has 4 aliphatic heterocycles. The molecule has 4 atom stereocenters. The fourth-order valence-electron chi connectivity index (χ4n) is 9.28. The van der Waals surface area contributed by atoms with E-state index in [-0.39, 0.29) is 53.4 Å². The van der Waals surface area contributed by atoms with Crippen LogP contribution in [0.5, 0.6) is 23.0 Å². The zero-order valence-corrected chi connectivity index (χ0v) is 36.9. The Morgan fingerprint density at radius 1 is 0.831 bits per heavy atom. The minimum atomic E-state index is -0.157. The molecule has 1 N–H and O–H groups in total. The quantitative estimate of drug-likeness (QED) is 0.140. The molecule has 0 spiro atoms. The van der Waals surface area contributed by atoms with Gasteiger partial charge in [0.2, 0.25) is 0 Å². The van der Waals surface area contributed by atoms with Gasteiger partial charge in [-0.2, -0.15) is 0 Å². The number of methoxy groups -OCH3 is 2. The van der Waals surface area contributed by atoms with E-state index < -0.39 is 0 Å². The number of anilines is 1. The van der Waals surface area contributed by atoms with Gasteiger partial charge < -0.3 is 38.8 Å². The zero-order chi connectivity index (χ0) is 42.6. The molecule has 4 aliphatic rings. The SMILES string of the molecule is C=C1CC2C=Nc3cc(OCC(C)(C)CCC(C)(C)CCOc4cc5c(cc4OC)C(=O)N4CC(=C)C[C@H]4C(CCCO)N5C(CC)CCC)c(OC)cc3C(=O)N2C1. The molecule has 2 amide bonds. The molecule has 11 heteroatoms. The second kappa shape index (κ2) is 18.4. The smallest absolute Gasteiger partial charge is 0.257 e. The molecule has 59 heavy (non-hydrogen) atoms. The Morgan fingerprint density at radius 2 is 1.47 bits per heavy atom. The lowest BCUT2D eigenvalue weighted by molar-refractivity contribution is 0.0721. The van der Waals surface area contributed by atoms with Crippen molar-refractivity contribution in [2.45, 2.75) is 130 Å². The third kappa shape index (κ3) is 9.61. The first-order valence-electron chi connectivity index (χ1n) is 21.7. The monoisotopic (exact) mass is 813 g/mol. The average Bonchev–Trinajstić information content (AvgIpc) is 3.74. The van der Waals surface area contributed by atoms with E-state index in [1.807, 2.05) is 34.2 Å². The Bertz CT molecular complexity index is 1920. The number of aliphatic hydroxyl groups is 1. The summed E-state index contributed by atoms with van der Waals surface area (Å²) in [6, 6.07) is 7.69. The van der Waals surface area contributed by atoms with Crippen LogP contribution < -0.4 is 23.8 Å². The highest BCUT2D eigenvalue weighted by Crippen LogP contribution is 2.45.